The van der Waals surface area contributed by atoms with Crippen LogP contribution in [0.25, 0.3) is 43.1 Å². The molecule has 0 bridgehead atoms. The van der Waals surface area contributed by atoms with E-state index < -0.39 is 0 Å². The van der Waals surface area contributed by atoms with Gasteiger partial charge >= 0.3 is 0 Å². The molecule has 0 aliphatic rings. The highest BCUT2D eigenvalue weighted by Gasteiger charge is 2.10. The van der Waals surface area contributed by atoms with Crippen LogP contribution in [0.4, 0.5) is 11.4 Å². The van der Waals surface area contributed by atoms with Gasteiger partial charge in [0.05, 0.1) is 0 Å². The molecule has 0 N–H and O–H groups in total. The fraction of sp³-hybridized carbons (Fsp3) is 0. The van der Waals surface area contributed by atoms with Gasteiger partial charge in [0.25, 0.3) is 0 Å². The monoisotopic (exact) mass is 346 g/mol. The summed E-state index contributed by atoms with van der Waals surface area (Å²) in [4.78, 5) is 5.71. The van der Waals surface area contributed by atoms with E-state index in [0.29, 0.717) is 16.4 Å². The molecule has 120 valence electrons. The summed E-state index contributed by atoms with van der Waals surface area (Å²) < 4.78 is 0. The van der Waals surface area contributed by atoms with Crippen LogP contribution in [0, 0.1) is 0 Å². The van der Waals surface area contributed by atoms with Crippen molar-refractivity contribution in [3.8, 4) is 22.3 Å². The first-order valence-corrected chi connectivity index (χ1v) is 7.71. The van der Waals surface area contributed by atoms with Crippen molar-refractivity contribution in [2.24, 2.45) is 10.2 Å². The van der Waals surface area contributed by atoms with Crippen molar-refractivity contribution >= 4 is 23.0 Å². The molecule has 0 atom stereocenters. The second-order valence-electron chi connectivity index (χ2n) is 5.11. The smallest absolute Gasteiger partial charge is 0.0490 e. The third kappa shape index (κ3) is 3.42. The number of hydrogen-bond acceptors (Lipinski definition) is 2. The first kappa shape index (κ1) is 16.4. The summed E-state index contributed by atoms with van der Waals surface area (Å²) in [5.41, 5.74) is 21.6. The molecule has 0 heterocycles. The maximum absolute atomic E-state index is 8.72. The van der Waals surface area contributed by atoms with E-state index in [2.05, 4.69) is 20.1 Å². The van der Waals surface area contributed by atoms with Crippen molar-refractivity contribution in [2.75, 3.05) is 0 Å². The van der Waals surface area contributed by atoms with Crippen LogP contribution in [-0.4, -0.2) is 0 Å². The van der Waals surface area contributed by atoms with Gasteiger partial charge in [-0.3, -0.25) is 0 Å². The molecule has 25 heavy (non-hydrogen) atoms. The fourth-order valence-electron chi connectivity index (χ4n) is 2.59. The molecule has 3 aromatic rings. The van der Waals surface area contributed by atoms with Crippen LogP contribution >= 0.6 is 11.6 Å². The summed E-state index contributed by atoms with van der Waals surface area (Å²) in [5, 5.41) is 7.93. The Hall–Kier alpha value is -3.43. The van der Waals surface area contributed by atoms with E-state index >= 15 is 0 Å². The Morgan fingerprint density at radius 2 is 1.24 bits per heavy atom. The highest BCUT2D eigenvalue weighted by Crippen LogP contribution is 2.39. The Morgan fingerprint density at radius 1 is 0.680 bits per heavy atom. The number of benzene rings is 3. The second-order valence-corrected chi connectivity index (χ2v) is 5.52. The minimum absolute atomic E-state index is 0.508. The number of rotatable bonds is 4. The summed E-state index contributed by atoms with van der Waals surface area (Å²) in [7, 11) is 0. The second kappa shape index (κ2) is 7.43. The van der Waals surface area contributed by atoms with Crippen LogP contribution in [0.1, 0.15) is 0 Å². The first-order chi connectivity index (χ1) is 12.2. The average molecular weight is 347 g/mol. The molecule has 3 aromatic carbocycles. The van der Waals surface area contributed by atoms with Crippen LogP contribution in [0.3, 0.4) is 0 Å². The van der Waals surface area contributed by atoms with Gasteiger partial charge in [-0.2, -0.15) is 0 Å². The van der Waals surface area contributed by atoms with Crippen molar-refractivity contribution < 1.29 is 0 Å². The molecule has 0 radical (unpaired) electrons. The van der Waals surface area contributed by atoms with Gasteiger partial charge in [0.1, 0.15) is 0 Å². The SMILES string of the molecule is [N-]=[N+]=Nc1ccccc1-c1ccc(-c2ccccc2N=[N+]=[N-])c(Cl)c1. The lowest BCUT2D eigenvalue weighted by Gasteiger charge is -2.11. The molecule has 3 rings (SSSR count). The average Bonchev–Trinajstić information content (AvgIpc) is 2.63. The zero-order valence-electron chi connectivity index (χ0n) is 12.9. The van der Waals surface area contributed by atoms with E-state index in [4.69, 9.17) is 22.7 Å². The molecule has 0 amide bonds. The molecular weight excluding hydrogens is 336 g/mol. The summed E-state index contributed by atoms with van der Waals surface area (Å²) >= 11 is 6.48. The van der Waals surface area contributed by atoms with Gasteiger partial charge in [0, 0.05) is 31.8 Å². The first-order valence-electron chi connectivity index (χ1n) is 7.33. The molecule has 0 spiro atoms. The third-order valence-corrected chi connectivity index (χ3v) is 4.00. The van der Waals surface area contributed by atoms with Gasteiger partial charge in [-0.25, -0.2) is 0 Å². The molecule has 0 fully saturated rings. The van der Waals surface area contributed by atoms with Crippen molar-refractivity contribution in [2.45, 2.75) is 0 Å². The summed E-state index contributed by atoms with van der Waals surface area (Å²) in [6.45, 7) is 0. The van der Waals surface area contributed by atoms with Crippen LogP contribution in [0.5, 0.6) is 0 Å². The summed E-state index contributed by atoms with van der Waals surface area (Å²) in [6.07, 6.45) is 0. The van der Waals surface area contributed by atoms with E-state index in [9.17, 15) is 0 Å². The van der Waals surface area contributed by atoms with Gasteiger partial charge in [0.15, 0.2) is 0 Å². The van der Waals surface area contributed by atoms with Crippen LogP contribution in [0.2, 0.25) is 5.02 Å². The highest BCUT2D eigenvalue weighted by atomic mass is 35.5. The van der Waals surface area contributed by atoms with E-state index in [-0.39, 0.29) is 0 Å². The zero-order valence-corrected chi connectivity index (χ0v) is 13.7. The van der Waals surface area contributed by atoms with E-state index in [0.717, 1.165) is 22.3 Å². The molecule has 6 nitrogen and oxygen atoms in total. The predicted octanol–water partition coefficient (Wildman–Crippen LogP) is 7.56. The Bertz CT molecular complexity index is 1030. The molecule has 0 aromatic heterocycles. The number of azide groups is 2. The lowest BCUT2D eigenvalue weighted by molar-refractivity contribution is 1.45. The van der Waals surface area contributed by atoms with Gasteiger partial charge in [-0.15, -0.1) is 0 Å². The normalized spacial score (nSPS) is 9.80. The minimum Gasteiger partial charge on any atom is -0.0836 e. The van der Waals surface area contributed by atoms with Gasteiger partial charge < -0.3 is 0 Å². The fourth-order valence-corrected chi connectivity index (χ4v) is 2.87. The largest absolute Gasteiger partial charge is 0.0836 e. The van der Waals surface area contributed by atoms with Gasteiger partial charge in [-0.05, 0) is 33.8 Å². The summed E-state index contributed by atoms with van der Waals surface area (Å²) in [6, 6.07) is 20.1. The number of halogens is 1. The lowest BCUT2D eigenvalue weighted by atomic mass is 9.98. The topological polar surface area (TPSA) is 97.5 Å². The Kier molecular flexibility index (Phi) is 4.88. The maximum atomic E-state index is 8.72. The number of nitrogens with zero attached hydrogens (tertiary/aromatic N) is 6. The minimum atomic E-state index is 0.508. The van der Waals surface area contributed by atoms with Crippen molar-refractivity contribution in [3.63, 3.8) is 0 Å². The molecule has 0 unspecified atom stereocenters. The van der Waals surface area contributed by atoms with E-state index in [1.54, 1.807) is 30.3 Å². The van der Waals surface area contributed by atoms with Crippen molar-refractivity contribution in [1.82, 2.24) is 0 Å². The van der Waals surface area contributed by atoms with Crippen molar-refractivity contribution in [1.29, 1.82) is 0 Å². The van der Waals surface area contributed by atoms with E-state index in [1.807, 2.05) is 36.4 Å². The van der Waals surface area contributed by atoms with E-state index in [1.165, 1.54) is 0 Å². The number of hydrogen-bond donors (Lipinski definition) is 0. The molecule has 0 aliphatic carbocycles. The molecular formula is C18H11ClN6. The van der Waals surface area contributed by atoms with Crippen LogP contribution < -0.4 is 0 Å². The van der Waals surface area contributed by atoms with Gasteiger partial charge in [-0.1, -0.05) is 82.5 Å². The molecule has 0 saturated carbocycles. The summed E-state index contributed by atoms with van der Waals surface area (Å²) in [5.74, 6) is 0. The van der Waals surface area contributed by atoms with Gasteiger partial charge in [0.2, 0.25) is 0 Å². The molecule has 0 saturated heterocycles. The lowest BCUT2D eigenvalue weighted by Crippen LogP contribution is -1.84. The Labute approximate surface area is 148 Å². The highest BCUT2D eigenvalue weighted by molar-refractivity contribution is 6.33. The molecule has 0 aliphatic heterocycles. The molecule has 7 heteroatoms. The van der Waals surface area contributed by atoms with Crippen molar-refractivity contribution in [3.05, 3.63) is 92.6 Å². The maximum Gasteiger partial charge on any atom is 0.0490 e. The Morgan fingerprint density at radius 3 is 1.84 bits per heavy atom. The van der Waals surface area contributed by atoms with Crippen LogP contribution in [0.15, 0.2) is 77.0 Å². The Balaban J connectivity index is 2.12. The predicted molar refractivity (Wildman–Crippen MR) is 99.9 cm³/mol. The standard InChI is InChI=1S/C18H11ClN6/c19-16-11-12(13-5-1-3-7-17(13)22-24-20)9-10-14(16)15-6-2-4-8-18(15)23-25-21/h1-11H. The third-order valence-electron chi connectivity index (χ3n) is 3.68. The quantitative estimate of drug-likeness (QED) is 0.264. The van der Waals surface area contributed by atoms with Crippen LogP contribution in [-0.2, 0) is 0 Å². The zero-order chi connectivity index (χ0) is 17.6.